The molecule has 0 amide bonds. The van der Waals surface area contributed by atoms with E-state index in [1.54, 1.807) is 11.4 Å². The maximum atomic E-state index is 12.9. The molecule has 5 heteroatoms. The minimum absolute atomic E-state index is 0.0607. The van der Waals surface area contributed by atoms with Gasteiger partial charge >= 0.3 is 0 Å². The zero-order valence-electron chi connectivity index (χ0n) is 8.33. The first kappa shape index (κ1) is 11.4. The molecule has 0 aliphatic heterocycles. The van der Waals surface area contributed by atoms with Crippen molar-refractivity contribution in [2.75, 3.05) is 0 Å². The number of Topliss-reactive ketones (excluding diaryl/α,β-unsaturated/α-hetero) is 1. The monoisotopic (exact) mass is 299 g/mol. The predicted molar refractivity (Wildman–Crippen MR) is 65.2 cm³/mol. The van der Waals surface area contributed by atoms with E-state index < -0.39 is 0 Å². The molecule has 0 spiro atoms. The molecule has 2 nitrogen and oxygen atoms in total. The van der Waals surface area contributed by atoms with Crippen molar-refractivity contribution in [2.24, 2.45) is 0 Å². The molecule has 0 radical (unpaired) electrons. The van der Waals surface area contributed by atoms with Crippen LogP contribution in [0.15, 0.2) is 28.1 Å². The Morgan fingerprint density at radius 1 is 1.50 bits per heavy atom. The van der Waals surface area contributed by atoms with E-state index in [1.165, 1.54) is 30.4 Å². The number of benzene rings is 1. The van der Waals surface area contributed by atoms with E-state index in [2.05, 4.69) is 20.9 Å². The Kier molecular flexibility index (Phi) is 3.16. The Hall–Kier alpha value is -1.07. The molecule has 2 rings (SSSR count). The van der Waals surface area contributed by atoms with Crippen LogP contribution in [0.2, 0.25) is 0 Å². The second-order valence-electron chi connectivity index (χ2n) is 3.22. The van der Waals surface area contributed by atoms with Gasteiger partial charge in [0, 0.05) is 22.3 Å². The quantitative estimate of drug-likeness (QED) is 0.787. The molecule has 82 valence electrons. The molecular formula is C11H7BrFNOS. The lowest BCUT2D eigenvalue weighted by atomic mass is 10.2. The van der Waals surface area contributed by atoms with E-state index in [0.29, 0.717) is 15.2 Å². The number of ketones is 1. The summed E-state index contributed by atoms with van der Waals surface area (Å²) in [7, 11) is 0. The lowest BCUT2D eigenvalue weighted by Crippen LogP contribution is -1.90. The zero-order chi connectivity index (χ0) is 11.7. The fourth-order valence-electron chi connectivity index (χ4n) is 1.26. The van der Waals surface area contributed by atoms with Gasteiger partial charge in [-0.25, -0.2) is 9.37 Å². The number of rotatable bonds is 2. The summed E-state index contributed by atoms with van der Waals surface area (Å²) in [6.07, 6.45) is 0. The molecule has 1 aromatic heterocycles. The van der Waals surface area contributed by atoms with Crippen molar-refractivity contribution in [1.29, 1.82) is 0 Å². The third-order valence-electron chi connectivity index (χ3n) is 2.01. The largest absolute Gasteiger partial charge is 0.292 e. The van der Waals surface area contributed by atoms with Crippen molar-refractivity contribution in [3.8, 4) is 11.3 Å². The second kappa shape index (κ2) is 4.43. The summed E-state index contributed by atoms with van der Waals surface area (Å²) in [4.78, 5) is 15.3. The van der Waals surface area contributed by atoms with Gasteiger partial charge in [-0.3, -0.25) is 4.79 Å². The molecule has 16 heavy (non-hydrogen) atoms. The number of nitrogens with zero attached hydrogens (tertiary/aromatic N) is 1. The van der Waals surface area contributed by atoms with Crippen LogP contribution in [0.25, 0.3) is 11.3 Å². The van der Waals surface area contributed by atoms with Gasteiger partial charge in [0.15, 0.2) is 10.8 Å². The maximum Gasteiger partial charge on any atom is 0.188 e. The van der Waals surface area contributed by atoms with Gasteiger partial charge in [-0.2, -0.15) is 0 Å². The van der Waals surface area contributed by atoms with E-state index >= 15 is 0 Å². The van der Waals surface area contributed by atoms with Crippen LogP contribution >= 0.6 is 27.3 Å². The van der Waals surface area contributed by atoms with Gasteiger partial charge in [0.1, 0.15) is 5.82 Å². The molecule has 0 N–H and O–H groups in total. The highest BCUT2D eigenvalue weighted by molar-refractivity contribution is 9.10. The number of hydrogen-bond donors (Lipinski definition) is 0. The number of carbonyl (C=O) groups excluding carboxylic acids is 1. The number of halogens is 2. The zero-order valence-corrected chi connectivity index (χ0v) is 10.7. The SMILES string of the molecule is CC(=O)c1nc(-c2ccc(F)cc2Br)cs1. The van der Waals surface area contributed by atoms with Crippen LogP contribution in [-0.4, -0.2) is 10.8 Å². The lowest BCUT2D eigenvalue weighted by molar-refractivity contribution is 0.101. The van der Waals surface area contributed by atoms with Gasteiger partial charge in [-0.05, 0) is 34.1 Å². The molecule has 0 saturated carbocycles. The molecule has 0 aliphatic rings. The Morgan fingerprint density at radius 2 is 2.25 bits per heavy atom. The van der Waals surface area contributed by atoms with Gasteiger partial charge in [0.05, 0.1) is 5.69 Å². The van der Waals surface area contributed by atoms with E-state index in [0.717, 1.165) is 5.56 Å². The third-order valence-corrected chi connectivity index (χ3v) is 3.61. The topological polar surface area (TPSA) is 30.0 Å². The van der Waals surface area contributed by atoms with E-state index in [1.807, 2.05) is 0 Å². The van der Waals surface area contributed by atoms with Crippen molar-refractivity contribution in [2.45, 2.75) is 6.92 Å². The van der Waals surface area contributed by atoms with E-state index in [9.17, 15) is 9.18 Å². The normalized spacial score (nSPS) is 10.4. The van der Waals surface area contributed by atoms with Crippen LogP contribution in [0.4, 0.5) is 4.39 Å². The molecule has 0 aliphatic carbocycles. The fraction of sp³-hybridized carbons (Fsp3) is 0.0909. The first-order valence-corrected chi connectivity index (χ1v) is 6.17. The Labute approximate surface area is 104 Å². The molecule has 2 aromatic rings. The van der Waals surface area contributed by atoms with Crippen LogP contribution in [0, 0.1) is 5.82 Å². The van der Waals surface area contributed by atoms with Gasteiger partial charge in [-0.1, -0.05) is 0 Å². The smallest absolute Gasteiger partial charge is 0.188 e. The van der Waals surface area contributed by atoms with Gasteiger partial charge in [0.25, 0.3) is 0 Å². The van der Waals surface area contributed by atoms with Crippen LogP contribution in [0.5, 0.6) is 0 Å². The summed E-state index contributed by atoms with van der Waals surface area (Å²) in [6.45, 7) is 1.47. The summed E-state index contributed by atoms with van der Waals surface area (Å²) < 4.78 is 13.5. The molecule has 1 heterocycles. The standard InChI is InChI=1S/C11H7BrFNOS/c1-6(15)11-14-10(5-16-11)8-3-2-7(13)4-9(8)12/h2-5H,1H3. The van der Waals surface area contributed by atoms with Gasteiger partial charge in [-0.15, -0.1) is 11.3 Å². The molecule has 0 bridgehead atoms. The Morgan fingerprint density at radius 3 is 2.81 bits per heavy atom. The minimum Gasteiger partial charge on any atom is -0.292 e. The minimum atomic E-state index is -0.308. The number of carbonyl (C=O) groups is 1. The average Bonchev–Trinajstić information content (AvgIpc) is 2.66. The van der Waals surface area contributed by atoms with Crippen LogP contribution in [-0.2, 0) is 0 Å². The van der Waals surface area contributed by atoms with Gasteiger partial charge in [0.2, 0.25) is 0 Å². The second-order valence-corrected chi connectivity index (χ2v) is 4.93. The van der Waals surface area contributed by atoms with E-state index in [-0.39, 0.29) is 11.6 Å². The maximum absolute atomic E-state index is 12.9. The lowest BCUT2D eigenvalue weighted by Gasteiger charge is -2.00. The summed E-state index contributed by atoms with van der Waals surface area (Å²) in [6, 6.07) is 4.38. The van der Waals surface area contributed by atoms with E-state index in [4.69, 9.17) is 0 Å². The molecular weight excluding hydrogens is 293 g/mol. The fourth-order valence-corrected chi connectivity index (χ4v) is 2.53. The Bertz CT molecular complexity index is 553. The Balaban J connectivity index is 2.46. The predicted octanol–water partition coefficient (Wildman–Crippen LogP) is 3.91. The van der Waals surface area contributed by atoms with Crippen LogP contribution in [0.1, 0.15) is 16.7 Å². The summed E-state index contributed by atoms with van der Waals surface area (Å²) in [5.74, 6) is -0.368. The highest BCUT2D eigenvalue weighted by Crippen LogP contribution is 2.29. The van der Waals surface area contributed by atoms with Crippen molar-refractivity contribution < 1.29 is 9.18 Å². The number of hydrogen-bond acceptors (Lipinski definition) is 3. The number of aromatic nitrogens is 1. The van der Waals surface area contributed by atoms with Crippen molar-refractivity contribution in [3.63, 3.8) is 0 Å². The third kappa shape index (κ3) is 2.20. The molecule has 1 aromatic carbocycles. The average molecular weight is 300 g/mol. The molecule has 0 unspecified atom stereocenters. The highest BCUT2D eigenvalue weighted by Gasteiger charge is 2.10. The van der Waals surface area contributed by atoms with Crippen molar-refractivity contribution in [3.05, 3.63) is 38.9 Å². The van der Waals surface area contributed by atoms with Crippen LogP contribution in [0.3, 0.4) is 0 Å². The van der Waals surface area contributed by atoms with Crippen molar-refractivity contribution in [1.82, 2.24) is 4.98 Å². The summed E-state index contributed by atoms with van der Waals surface area (Å²) in [5.41, 5.74) is 1.47. The summed E-state index contributed by atoms with van der Waals surface area (Å²) in [5, 5.41) is 2.25. The van der Waals surface area contributed by atoms with Gasteiger partial charge < -0.3 is 0 Å². The van der Waals surface area contributed by atoms with Crippen molar-refractivity contribution >= 4 is 33.0 Å². The molecule has 0 fully saturated rings. The number of thiazole rings is 1. The summed E-state index contributed by atoms with van der Waals surface area (Å²) >= 11 is 4.56. The first-order valence-electron chi connectivity index (χ1n) is 4.50. The molecule has 0 atom stereocenters. The first-order chi connectivity index (χ1) is 7.58. The highest BCUT2D eigenvalue weighted by atomic mass is 79.9. The van der Waals surface area contributed by atoms with Crippen LogP contribution < -0.4 is 0 Å². The molecule has 0 saturated heterocycles.